The third kappa shape index (κ3) is 2.63. The molecular weight excluding hydrogens is 219 g/mol. The van der Waals surface area contributed by atoms with Gasteiger partial charge in [-0.25, -0.2) is 9.97 Å². The lowest BCUT2D eigenvalue weighted by Gasteiger charge is -2.03. The zero-order valence-electron chi connectivity index (χ0n) is 7.52. The Hall–Kier alpha value is -1.68. The molecule has 0 atom stereocenters. The molecule has 0 saturated carbocycles. The predicted molar refractivity (Wildman–Crippen MR) is 53.5 cm³/mol. The SMILES string of the molecule is Fc1cc(Oc2ccc(Cl)cc2)ncn1. The first-order valence-corrected chi connectivity index (χ1v) is 4.53. The van der Waals surface area contributed by atoms with E-state index in [-0.39, 0.29) is 5.88 Å². The minimum atomic E-state index is -0.631. The van der Waals surface area contributed by atoms with Crippen LogP contribution in [0.5, 0.6) is 11.6 Å². The van der Waals surface area contributed by atoms with Gasteiger partial charge in [0.05, 0.1) is 6.07 Å². The quantitative estimate of drug-likeness (QED) is 0.736. The van der Waals surface area contributed by atoms with Crippen LogP contribution in [0.4, 0.5) is 4.39 Å². The summed E-state index contributed by atoms with van der Waals surface area (Å²) in [6, 6.07) is 7.79. The van der Waals surface area contributed by atoms with Crippen LogP contribution in [0.3, 0.4) is 0 Å². The van der Waals surface area contributed by atoms with Crippen molar-refractivity contribution in [2.24, 2.45) is 0 Å². The largest absolute Gasteiger partial charge is 0.439 e. The van der Waals surface area contributed by atoms with E-state index in [1.807, 2.05) is 0 Å². The molecule has 0 bridgehead atoms. The standard InChI is InChI=1S/C10H6ClFN2O/c11-7-1-3-8(4-2-7)15-10-5-9(12)13-6-14-10/h1-6H. The summed E-state index contributed by atoms with van der Waals surface area (Å²) >= 11 is 5.70. The Kier molecular flexibility index (Phi) is 2.78. The number of rotatable bonds is 2. The van der Waals surface area contributed by atoms with Crippen molar-refractivity contribution in [1.29, 1.82) is 0 Å². The van der Waals surface area contributed by atoms with Crippen LogP contribution in [0, 0.1) is 5.95 Å². The predicted octanol–water partition coefficient (Wildman–Crippen LogP) is 3.06. The van der Waals surface area contributed by atoms with Gasteiger partial charge in [0.25, 0.3) is 0 Å². The van der Waals surface area contributed by atoms with Crippen molar-refractivity contribution in [3.63, 3.8) is 0 Å². The number of nitrogens with zero attached hydrogens (tertiary/aromatic N) is 2. The van der Waals surface area contributed by atoms with E-state index in [4.69, 9.17) is 16.3 Å². The molecule has 2 aromatic rings. The van der Waals surface area contributed by atoms with Crippen molar-refractivity contribution in [2.75, 3.05) is 0 Å². The zero-order valence-corrected chi connectivity index (χ0v) is 8.28. The van der Waals surface area contributed by atoms with Crippen LogP contribution in [0.15, 0.2) is 36.7 Å². The van der Waals surface area contributed by atoms with Gasteiger partial charge >= 0.3 is 0 Å². The maximum atomic E-state index is 12.7. The Bertz CT molecular complexity index is 461. The van der Waals surface area contributed by atoms with E-state index in [1.165, 1.54) is 0 Å². The van der Waals surface area contributed by atoms with Crippen molar-refractivity contribution in [1.82, 2.24) is 9.97 Å². The molecule has 0 aliphatic heterocycles. The fourth-order valence-electron chi connectivity index (χ4n) is 0.997. The molecule has 0 fully saturated rings. The lowest BCUT2D eigenvalue weighted by Crippen LogP contribution is -1.90. The fourth-order valence-corrected chi connectivity index (χ4v) is 1.12. The maximum Gasteiger partial charge on any atom is 0.225 e. The molecule has 5 heteroatoms. The van der Waals surface area contributed by atoms with Crippen LogP contribution in [0.1, 0.15) is 0 Å². The Morgan fingerprint density at radius 2 is 1.87 bits per heavy atom. The zero-order chi connectivity index (χ0) is 10.7. The highest BCUT2D eigenvalue weighted by atomic mass is 35.5. The van der Waals surface area contributed by atoms with E-state index >= 15 is 0 Å². The number of hydrogen-bond acceptors (Lipinski definition) is 3. The first-order chi connectivity index (χ1) is 7.24. The van der Waals surface area contributed by atoms with E-state index in [2.05, 4.69) is 9.97 Å². The van der Waals surface area contributed by atoms with Crippen LogP contribution in [-0.2, 0) is 0 Å². The average Bonchev–Trinajstić information content (AvgIpc) is 2.22. The third-order valence-electron chi connectivity index (χ3n) is 1.64. The van der Waals surface area contributed by atoms with Gasteiger partial charge in [0.15, 0.2) is 0 Å². The van der Waals surface area contributed by atoms with Crippen LogP contribution in [0.25, 0.3) is 0 Å². The van der Waals surface area contributed by atoms with Crippen molar-refractivity contribution < 1.29 is 9.13 Å². The minimum absolute atomic E-state index is 0.157. The van der Waals surface area contributed by atoms with Crippen molar-refractivity contribution in [3.8, 4) is 11.6 Å². The Morgan fingerprint density at radius 3 is 2.53 bits per heavy atom. The average molecular weight is 225 g/mol. The molecule has 0 unspecified atom stereocenters. The lowest BCUT2D eigenvalue weighted by atomic mass is 10.3. The molecule has 0 aliphatic carbocycles. The van der Waals surface area contributed by atoms with Gasteiger partial charge in [-0.15, -0.1) is 0 Å². The summed E-state index contributed by atoms with van der Waals surface area (Å²) < 4.78 is 17.9. The second-order valence-electron chi connectivity index (χ2n) is 2.73. The van der Waals surface area contributed by atoms with Gasteiger partial charge in [-0.2, -0.15) is 4.39 Å². The van der Waals surface area contributed by atoms with Crippen molar-refractivity contribution >= 4 is 11.6 Å². The monoisotopic (exact) mass is 224 g/mol. The summed E-state index contributed by atoms with van der Waals surface area (Å²) in [5.41, 5.74) is 0. The Labute approximate surface area is 90.5 Å². The van der Waals surface area contributed by atoms with Crippen LogP contribution in [-0.4, -0.2) is 9.97 Å². The van der Waals surface area contributed by atoms with Gasteiger partial charge in [-0.05, 0) is 24.3 Å². The molecule has 1 aromatic heterocycles. The second kappa shape index (κ2) is 4.23. The highest BCUT2D eigenvalue weighted by Crippen LogP contribution is 2.20. The summed E-state index contributed by atoms with van der Waals surface area (Å²) in [5, 5.41) is 0.608. The van der Waals surface area contributed by atoms with Gasteiger partial charge in [-0.1, -0.05) is 11.6 Å². The van der Waals surface area contributed by atoms with Crippen LogP contribution < -0.4 is 4.74 Å². The number of aromatic nitrogens is 2. The van der Waals surface area contributed by atoms with E-state index < -0.39 is 5.95 Å². The number of hydrogen-bond donors (Lipinski definition) is 0. The molecule has 0 spiro atoms. The highest BCUT2D eigenvalue weighted by molar-refractivity contribution is 6.30. The second-order valence-corrected chi connectivity index (χ2v) is 3.17. The summed E-state index contributed by atoms with van der Waals surface area (Å²) in [6.45, 7) is 0. The molecule has 0 N–H and O–H groups in total. The first kappa shape index (κ1) is 9.86. The van der Waals surface area contributed by atoms with E-state index in [1.54, 1.807) is 24.3 Å². The van der Waals surface area contributed by atoms with Crippen LogP contribution in [0.2, 0.25) is 5.02 Å². The van der Waals surface area contributed by atoms with E-state index in [0.717, 1.165) is 12.4 Å². The molecule has 0 amide bonds. The van der Waals surface area contributed by atoms with Crippen molar-refractivity contribution in [2.45, 2.75) is 0 Å². The number of benzene rings is 1. The summed E-state index contributed by atoms with van der Waals surface area (Å²) in [7, 11) is 0. The summed E-state index contributed by atoms with van der Waals surface area (Å²) in [6.07, 6.45) is 1.10. The molecule has 76 valence electrons. The van der Waals surface area contributed by atoms with Gasteiger partial charge in [0.2, 0.25) is 11.8 Å². The molecule has 0 saturated heterocycles. The number of halogens is 2. The maximum absolute atomic E-state index is 12.7. The van der Waals surface area contributed by atoms with Gasteiger partial charge < -0.3 is 4.74 Å². The molecule has 2 rings (SSSR count). The van der Waals surface area contributed by atoms with E-state index in [0.29, 0.717) is 10.8 Å². The molecule has 0 radical (unpaired) electrons. The molecule has 15 heavy (non-hydrogen) atoms. The highest BCUT2D eigenvalue weighted by Gasteiger charge is 2.00. The fraction of sp³-hybridized carbons (Fsp3) is 0. The lowest BCUT2D eigenvalue weighted by molar-refractivity contribution is 0.450. The molecule has 3 nitrogen and oxygen atoms in total. The third-order valence-corrected chi connectivity index (χ3v) is 1.90. The molecule has 0 aliphatic rings. The van der Waals surface area contributed by atoms with Gasteiger partial charge in [0.1, 0.15) is 12.1 Å². The number of ether oxygens (including phenoxy) is 1. The summed E-state index contributed by atoms with van der Waals surface area (Å²) in [4.78, 5) is 7.07. The normalized spacial score (nSPS) is 10.0. The van der Waals surface area contributed by atoms with Crippen molar-refractivity contribution in [3.05, 3.63) is 47.6 Å². The van der Waals surface area contributed by atoms with Crippen LogP contribution >= 0.6 is 11.6 Å². The Balaban J connectivity index is 2.18. The minimum Gasteiger partial charge on any atom is -0.439 e. The van der Waals surface area contributed by atoms with Gasteiger partial charge in [0, 0.05) is 5.02 Å². The molecule has 1 heterocycles. The molecule has 1 aromatic carbocycles. The topological polar surface area (TPSA) is 35.0 Å². The molecular formula is C10H6ClFN2O. The summed E-state index contributed by atoms with van der Waals surface area (Å²) in [5.74, 6) is 0.0660. The first-order valence-electron chi connectivity index (χ1n) is 4.15. The van der Waals surface area contributed by atoms with E-state index in [9.17, 15) is 4.39 Å². The van der Waals surface area contributed by atoms with Gasteiger partial charge in [-0.3, -0.25) is 0 Å². The Morgan fingerprint density at radius 1 is 1.13 bits per heavy atom. The smallest absolute Gasteiger partial charge is 0.225 e.